The van der Waals surface area contributed by atoms with Gasteiger partial charge in [-0.2, -0.15) is 0 Å². The van der Waals surface area contributed by atoms with Crippen LogP contribution in [0.2, 0.25) is 0 Å². The Labute approximate surface area is 110 Å². The number of carbonyl (C=O) groups is 2. The Hall–Kier alpha value is -1.06. The molecule has 0 spiro atoms. The molecule has 106 valence electrons. The highest BCUT2D eigenvalue weighted by atomic mass is 16.5. The van der Waals surface area contributed by atoms with Gasteiger partial charge in [-0.1, -0.05) is 27.7 Å². The van der Waals surface area contributed by atoms with Crippen LogP contribution in [0.25, 0.3) is 0 Å². The molecule has 0 bridgehead atoms. The molecule has 1 saturated carbocycles. The Morgan fingerprint density at radius 1 is 0.944 bits per heavy atom. The second-order valence-electron chi connectivity index (χ2n) is 5.18. The van der Waals surface area contributed by atoms with E-state index in [1.165, 1.54) is 20.0 Å². The number of methoxy groups -OCH3 is 1. The summed E-state index contributed by atoms with van der Waals surface area (Å²) in [7, 11) is 1.39. The van der Waals surface area contributed by atoms with Crippen LogP contribution < -0.4 is 0 Å². The predicted octanol–water partition coefficient (Wildman–Crippen LogP) is 2.94. The van der Waals surface area contributed by atoms with Gasteiger partial charge in [0.25, 0.3) is 0 Å². The van der Waals surface area contributed by atoms with Crippen LogP contribution in [0.1, 0.15) is 53.4 Å². The Bertz CT molecular complexity index is 253. The SMILES string of the molecule is CC(C)C(=O)OC1CCCC1.COC(=O)C(C)C. The second-order valence-corrected chi connectivity index (χ2v) is 5.18. The maximum absolute atomic E-state index is 11.1. The molecule has 4 nitrogen and oxygen atoms in total. The van der Waals surface area contributed by atoms with Crippen molar-refractivity contribution in [2.24, 2.45) is 11.8 Å². The molecule has 18 heavy (non-hydrogen) atoms. The van der Waals surface area contributed by atoms with Crippen molar-refractivity contribution in [3.8, 4) is 0 Å². The van der Waals surface area contributed by atoms with Crippen LogP contribution in [0.15, 0.2) is 0 Å². The van der Waals surface area contributed by atoms with Crippen LogP contribution in [0.3, 0.4) is 0 Å². The summed E-state index contributed by atoms with van der Waals surface area (Å²) in [5.74, 6) is -0.169. The summed E-state index contributed by atoms with van der Waals surface area (Å²) in [6.45, 7) is 7.34. The molecule has 0 N–H and O–H groups in total. The molecule has 1 rings (SSSR count). The molecular formula is C14H26O4. The second kappa shape index (κ2) is 8.95. The van der Waals surface area contributed by atoms with Gasteiger partial charge in [0.05, 0.1) is 18.9 Å². The van der Waals surface area contributed by atoms with Crippen molar-refractivity contribution < 1.29 is 19.1 Å². The average Bonchev–Trinajstić information content (AvgIpc) is 2.81. The molecule has 1 fully saturated rings. The Morgan fingerprint density at radius 3 is 1.67 bits per heavy atom. The Balaban J connectivity index is 0.000000360. The molecule has 1 aliphatic carbocycles. The molecule has 1 aliphatic rings. The highest BCUT2D eigenvalue weighted by Gasteiger charge is 2.20. The molecule has 0 aromatic rings. The molecular weight excluding hydrogens is 232 g/mol. The smallest absolute Gasteiger partial charge is 0.308 e. The van der Waals surface area contributed by atoms with E-state index < -0.39 is 0 Å². The first-order valence-corrected chi connectivity index (χ1v) is 6.66. The molecule has 0 aromatic carbocycles. The lowest BCUT2D eigenvalue weighted by molar-refractivity contribution is -0.152. The third kappa shape index (κ3) is 7.30. The number of ether oxygens (including phenoxy) is 2. The summed E-state index contributed by atoms with van der Waals surface area (Å²) in [5.41, 5.74) is 0. The van der Waals surface area contributed by atoms with Crippen molar-refractivity contribution >= 4 is 11.9 Å². The predicted molar refractivity (Wildman–Crippen MR) is 70.0 cm³/mol. The zero-order valence-electron chi connectivity index (χ0n) is 12.2. The average molecular weight is 258 g/mol. The topological polar surface area (TPSA) is 52.6 Å². The van der Waals surface area contributed by atoms with Gasteiger partial charge in [-0.15, -0.1) is 0 Å². The molecule has 4 heteroatoms. The Morgan fingerprint density at radius 2 is 1.39 bits per heavy atom. The lowest BCUT2D eigenvalue weighted by Gasteiger charge is -2.12. The molecule has 0 heterocycles. The molecule has 0 radical (unpaired) electrons. The molecule has 0 aliphatic heterocycles. The van der Waals surface area contributed by atoms with Crippen molar-refractivity contribution in [2.45, 2.75) is 59.5 Å². The maximum atomic E-state index is 11.1. The summed E-state index contributed by atoms with van der Waals surface area (Å²) >= 11 is 0. The third-order valence-corrected chi connectivity index (χ3v) is 2.73. The quantitative estimate of drug-likeness (QED) is 0.730. The van der Waals surface area contributed by atoms with Crippen molar-refractivity contribution in [2.75, 3.05) is 7.11 Å². The van der Waals surface area contributed by atoms with Crippen LogP contribution in [0.4, 0.5) is 0 Å². The van der Waals surface area contributed by atoms with Gasteiger partial charge in [-0.3, -0.25) is 9.59 Å². The lowest BCUT2D eigenvalue weighted by atomic mass is 10.2. The first-order chi connectivity index (χ1) is 8.38. The van der Waals surface area contributed by atoms with E-state index in [-0.39, 0.29) is 29.9 Å². The number of carbonyl (C=O) groups excluding carboxylic acids is 2. The fourth-order valence-electron chi connectivity index (χ4n) is 1.54. The van der Waals surface area contributed by atoms with Crippen molar-refractivity contribution in [1.82, 2.24) is 0 Å². The fourth-order valence-corrected chi connectivity index (χ4v) is 1.54. The normalized spacial score (nSPS) is 15.3. The van der Waals surface area contributed by atoms with Crippen molar-refractivity contribution in [3.63, 3.8) is 0 Å². The maximum Gasteiger partial charge on any atom is 0.308 e. The summed E-state index contributed by atoms with van der Waals surface area (Å²) in [4.78, 5) is 21.4. The van der Waals surface area contributed by atoms with E-state index in [0.717, 1.165) is 12.8 Å². The van der Waals surface area contributed by atoms with Gasteiger partial charge in [0.1, 0.15) is 6.10 Å². The summed E-state index contributed by atoms with van der Waals surface area (Å²) in [5, 5.41) is 0. The number of hydrogen-bond acceptors (Lipinski definition) is 4. The van der Waals surface area contributed by atoms with Crippen LogP contribution in [-0.4, -0.2) is 25.2 Å². The van der Waals surface area contributed by atoms with E-state index >= 15 is 0 Å². The molecule has 0 unspecified atom stereocenters. The standard InChI is InChI=1S/C9H16O2.C5H10O2/c1-7(2)9(10)11-8-5-3-4-6-8;1-4(2)5(6)7-3/h7-8H,3-6H2,1-2H3;4H,1-3H3. The van der Waals surface area contributed by atoms with Crippen molar-refractivity contribution in [3.05, 3.63) is 0 Å². The van der Waals surface area contributed by atoms with Crippen LogP contribution in [0.5, 0.6) is 0 Å². The van der Waals surface area contributed by atoms with Gasteiger partial charge in [-0.25, -0.2) is 0 Å². The van der Waals surface area contributed by atoms with E-state index in [1.807, 2.05) is 13.8 Å². The lowest BCUT2D eigenvalue weighted by Crippen LogP contribution is -2.18. The highest BCUT2D eigenvalue weighted by molar-refractivity contribution is 5.71. The monoisotopic (exact) mass is 258 g/mol. The van der Waals surface area contributed by atoms with E-state index in [4.69, 9.17) is 4.74 Å². The summed E-state index contributed by atoms with van der Waals surface area (Å²) < 4.78 is 9.61. The van der Waals surface area contributed by atoms with Gasteiger partial charge in [0, 0.05) is 0 Å². The van der Waals surface area contributed by atoms with Crippen LogP contribution in [0, 0.1) is 11.8 Å². The number of rotatable bonds is 3. The first-order valence-electron chi connectivity index (χ1n) is 6.66. The van der Waals surface area contributed by atoms with Gasteiger partial charge < -0.3 is 9.47 Å². The summed E-state index contributed by atoms with van der Waals surface area (Å²) in [6, 6.07) is 0. The van der Waals surface area contributed by atoms with Gasteiger partial charge in [0.15, 0.2) is 0 Å². The van der Waals surface area contributed by atoms with Crippen LogP contribution >= 0.6 is 0 Å². The molecule has 0 amide bonds. The van der Waals surface area contributed by atoms with E-state index in [9.17, 15) is 9.59 Å². The van der Waals surface area contributed by atoms with Crippen LogP contribution in [-0.2, 0) is 19.1 Å². The minimum Gasteiger partial charge on any atom is -0.469 e. The minimum atomic E-state index is -0.153. The molecule has 0 aromatic heterocycles. The zero-order valence-corrected chi connectivity index (χ0v) is 12.2. The first kappa shape index (κ1) is 16.9. The number of esters is 2. The summed E-state index contributed by atoms with van der Waals surface area (Å²) in [6.07, 6.45) is 4.80. The largest absolute Gasteiger partial charge is 0.469 e. The van der Waals surface area contributed by atoms with E-state index in [0.29, 0.717) is 0 Å². The highest BCUT2D eigenvalue weighted by Crippen LogP contribution is 2.21. The molecule has 0 saturated heterocycles. The molecule has 0 atom stereocenters. The Kier molecular flexibility index (Phi) is 8.42. The zero-order chi connectivity index (χ0) is 14.1. The van der Waals surface area contributed by atoms with Crippen molar-refractivity contribution in [1.29, 1.82) is 0 Å². The van der Waals surface area contributed by atoms with E-state index in [1.54, 1.807) is 13.8 Å². The fraction of sp³-hybridized carbons (Fsp3) is 0.857. The van der Waals surface area contributed by atoms with Gasteiger partial charge in [0.2, 0.25) is 0 Å². The third-order valence-electron chi connectivity index (χ3n) is 2.73. The van der Waals surface area contributed by atoms with Gasteiger partial charge in [-0.05, 0) is 25.7 Å². The minimum absolute atomic E-state index is 0.00463. The van der Waals surface area contributed by atoms with Gasteiger partial charge >= 0.3 is 11.9 Å². The van der Waals surface area contributed by atoms with E-state index in [2.05, 4.69) is 4.74 Å². The number of hydrogen-bond donors (Lipinski definition) is 0.